The molecule has 16 heavy (non-hydrogen) atoms. The zero-order valence-electron chi connectivity index (χ0n) is 7.86. The molecular weight excluding hydrogens is 235 g/mol. The number of alkyl halides is 3. The zero-order valence-corrected chi connectivity index (χ0v) is 7.86. The molecule has 7 heteroatoms. The summed E-state index contributed by atoms with van der Waals surface area (Å²) >= 11 is 0. The fourth-order valence-corrected chi connectivity index (χ4v) is 1.08. The average Bonchev–Trinajstić information content (AvgIpc) is 2.08. The first kappa shape index (κ1) is 12.4. The normalized spacial score (nSPS) is 11.4. The maximum absolute atomic E-state index is 13.0. The summed E-state index contributed by atoms with van der Waals surface area (Å²) in [4.78, 5) is 10.9. The Balaban J connectivity index is 3.35. The van der Waals surface area contributed by atoms with Crippen LogP contribution in [0.25, 0.3) is 0 Å². The van der Waals surface area contributed by atoms with Gasteiger partial charge in [0.15, 0.2) is 17.3 Å². The number of rotatable bonds is 2. The van der Waals surface area contributed by atoms with E-state index in [9.17, 15) is 26.7 Å². The molecule has 1 rings (SSSR count). The van der Waals surface area contributed by atoms with Gasteiger partial charge in [-0.05, 0) is 19.1 Å². The third kappa shape index (κ3) is 2.68. The van der Waals surface area contributed by atoms with Gasteiger partial charge in [0.05, 0.1) is 5.56 Å². The van der Waals surface area contributed by atoms with Gasteiger partial charge in [-0.3, -0.25) is 4.79 Å². The summed E-state index contributed by atoms with van der Waals surface area (Å²) in [6.07, 6.45) is -5.20. The van der Waals surface area contributed by atoms with Crippen molar-refractivity contribution in [2.24, 2.45) is 0 Å². The molecular formula is C9H5F5O2. The number of halogens is 5. The molecule has 1 aromatic carbocycles. The molecule has 0 aliphatic carbocycles. The lowest BCUT2D eigenvalue weighted by molar-refractivity contribution is -0.275. The van der Waals surface area contributed by atoms with Crippen molar-refractivity contribution in [3.63, 3.8) is 0 Å². The molecule has 0 spiro atoms. The van der Waals surface area contributed by atoms with E-state index >= 15 is 0 Å². The lowest BCUT2D eigenvalue weighted by atomic mass is 10.1. The van der Waals surface area contributed by atoms with Crippen LogP contribution in [0.3, 0.4) is 0 Å². The summed E-state index contributed by atoms with van der Waals surface area (Å²) in [6, 6.07) is 0.998. The van der Waals surface area contributed by atoms with Crippen LogP contribution in [0.5, 0.6) is 5.75 Å². The Morgan fingerprint density at radius 3 is 2.12 bits per heavy atom. The molecule has 0 aliphatic rings. The Kier molecular flexibility index (Phi) is 3.16. The predicted molar refractivity (Wildman–Crippen MR) is 43.0 cm³/mol. The summed E-state index contributed by atoms with van der Waals surface area (Å²) in [5.74, 6) is -5.23. The first-order valence-corrected chi connectivity index (χ1v) is 3.97. The van der Waals surface area contributed by atoms with Gasteiger partial charge >= 0.3 is 6.36 Å². The molecule has 2 nitrogen and oxygen atoms in total. The van der Waals surface area contributed by atoms with E-state index in [4.69, 9.17) is 0 Å². The number of hydrogen-bond donors (Lipinski definition) is 0. The van der Waals surface area contributed by atoms with E-state index in [0.29, 0.717) is 12.1 Å². The number of carbonyl (C=O) groups excluding carboxylic acids is 1. The molecule has 0 saturated heterocycles. The summed E-state index contributed by atoms with van der Waals surface area (Å²) < 4.78 is 64.9. The van der Waals surface area contributed by atoms with Gasteiger partial charge in [-0.25, -0.2) is 8.78 Å². The second-order valence-electron chi connectivity index (χ2n) is 2.84. The molecule has 0 radical (unpaired) electrons. The highest BCUT2D eigenvalue weighted by Gasteiger charge is 2.35. The highest BCUT2D eigenvalue weighted by Crippen LogP contribution is 2.31. The van der Waals surface area contributed by atoms with Crippen molar-refractivity contribution >= 4 is 5.78 Å². The van der Waals surface area contributed by atoms with Gasteiger partial charge in [0.2, 0.25) is 0 Å². The van der Waals surface area contributed by atoms with Gasteiger partial charge in [0, 0.05) is 0 Å². The standard InChI is InChI=1S/C9H5F5O2/c1-4(15)7-5(10)2-3-6(11)8(7)16-9(12,13)14/h2-3H,1H3. The van der Waals surface area contributed by atoms with E-state index in [-0.39, 0.29) is 0 Å². The largest absolute Gasteiger partial charge is 0.573 e. The molecule has 0 N–H and O–H groups in total. The Bertz CT molecular complexity index is 425. The smallest absolute Gasteiger partial charge is 0.402 e. The quantitative estimate of drug-likeness (QED) is 0.586. The molecule has 0 unspecified atom stereocenters. The summed E-state index contributed by atoms with van der Waals surface area (Å²) in [6.45, 7) is 0.807. The van der Waals surface area contributed by atoms with E-state index in [0.717, 1.165) is 6.92 Å². The van der Waals surface area contributed by atoms with E-state index in [2.05, 4.69) is 4.74 Å². The minimum absolute atomic E-state index is 0.447. The Hall–Kier alpha value is -1.66. The van der Waals surface area contributed by atoms with Crippen LogP contribution in [-0.4, -0.2) is 12.1 Å². The second-order valence-corrected chi connectivity index (χ2v) is 2.84. The average molecular weight is 240 g/mol. The van der Waals surface area contributed by atoms with Gasteiger partial charge in [0.25, 0.3) is 0 Å². The molecule has 0 saturated carbocycles. The summed E-state index contributed by atoms with van der Waals surface area (Å²) in [7, 11) is 0. The molecule has 0 heterocycles. The summed E-state index contributed by atoms with van der Waals surface area (Å²) in [5.41, 5.74) is -1.06. The third-order valence-electron chi connectivity index (χ3n) is 1.63. The van der Waals surface area contributed by atoms with Gasteiger partial charge < -0.3 is 4.74 Å². The van der Waals surface area contributed by atoms with Crippen molar-refractivity contribution in [3.8, 4) is 5.75 Å². The number of carbonyl (C=O) groups is 1. The molecule has 88 valence electrons. The van der Waals surface area contributed by atoms with Crippen molar-refractivity contribution in [3.05, 3.63) is 29.3 Å². The fourth-order valence-electron chi connectivity index (χ4n) is 1.08. The lowest BCUT2D eigenvalue weighted by Gasteiger charge is -2.12. The maximum atomic E-state index is 13.0. The highest BCUT2D eigenvalue weighted by molar-refractivity contribution is 5.97. The number of hydrogen-bond acceptors (Lipinski definition) is 2. The number of ketones is 1. The van der Waals surface area contributed by atoms with Gasteiger partial charge in [-0.2, -0.15) is 0 Å². The molecule has 0 aliphatic heterocycles. The number of benzene rings is 1. The Labute approximate surface area is 86.6 Å². The van der Waals surface area contributed by atoms with Crippen molar-refractivity contribution in [1.29, 1.82) is 0 Å². The van der Waals surface area contributed by atoms with Crippen LogP contribution in [-0.2, 0) is 0 Å². The fraction of sp³-hybridized carbons (Fsp3) is 0.222. The Morgan fingerprint density at radius 2 is 1.69 bits per heavy atom. The van der Waals surface area contributed by atoms with Crippen molar-refractivity contribution in [1.82, 2.24) is 0 Å². The van der Waals surface area contributed by atoms with Crippen LogP contribution >= 0.6 is 0 Å². The SMILES string of the molecule is CC(=O)c1c(F)ccc(F)c1OC(F)(F)F. The van der Waals surface area contributed by atoms with Crippen molar-refractivity contribution < 1.29 is 31.5 Å². The topological polar surface area (TPSA) is 26.3 Å². The maximum Gasteiger partial charge on any atom is 0.573 e. The van der Waals surface area contributed by atoms with Crippen LogP contribution < -0.4 is 4.74 Å². The molecule has 0 atom stereocenters. The minimum Gasteiger partial charge on any atom is -0.402 e. The third-order valence-corrected chi connectivity index (χ3v) is 1.63. The lowest BCUT2D eigenvalue weighted by Crippen LogP contribution is -2.20. The molecule has 0 bridgehead atoms. The van der Waals surface area contributed by atoms with Crippen LogP contribution in [0.4, 0.5) is 22.0 Å². The van der Waals surface area contributed by atoms with Gasteiger partial charge in [-0.1, -0.05) is 0 Å². The van der Waals surface area contributed by atoms with Crippen LogP contribution in [0.15, 0.2) is 12.1 Å². The van der Waals surface area contributed by atoms with E-state index in [1.807, 2.05) is 0 Å². The van der Waals surface area contributed by atoms with Crippen molar-refractivity contribution in [2.75, 3.05) is 0 Å². The van der Waals surface area contributed by atoms with Crippen LogP contribution in [0, 0.1) is 11.6 Å². The minimum atomic E-state index is -5.20. The number of Topliss-reactive ketones (excluding diaryl/α,β-unsaturated/α-hetero) is 1. The van der Waals surface area contributed by atoms with Crippen molar-refractivity contribution in [2.45, 2.75) is 13.3 Å². The molecule has 0 aromatic heterocycles. The van der Waals surface area contributed by atoms with Crippen LogP contribution in [0.1, 0.15) is 17.3 Å². The van der Waals surface area contributed by atoms with E-state index < -0.39 is 35.1 Å². The Morgan fingerprint density at radius 1 is 1.19 bits per heavy atom. The second kappa shape index (κ2) is 4.07. The van der Waals surface area contributed by atoms with E-state index in [1.165, 1.54) is 0 Å². The first-order valence-electron chi connectivity index (χ1n) is 3.97. The summed E-state index contributed by atoms with van der Waals surface area (Å²) in [5, 5.41) is 0. The molecule has 0 amide bonds. The zero-order chi connectivity index (χ0) is 12.5. The molecule has 0 fully saturated rings. The van der Waals surface area contributed by atoms with Gasteiger partial charge in [-0.15, -0.1) is 13.2 Å². The van der Waals surface area contributed by atoms with E-state index in [1.54, 1.807) is 0 Å². The van der Waals surface area contributed by atoms with Gasteiger partial charge in [0.1, 0.15) is 5.82 Å². The monoisotopic (exact) mass is 240 g/mol. The highest BCUT2D eigenvalue weighted by atomic mass is 19.4. The molecule has 1 aromatic rings. The predicted octanol–water partition coefficient (Wildman–Crippen LogP) is 3.07. The van der Waals surface area contributed by atoms with Crippen LogP contribution in [0.2, 0.25) is 0 Å². The number of ether oxygens (including phenoxy) is 1. The first-order chi connectivity index (χ1) is 7.22.